The molecule has 102 valence electrons. The highest BCUT2D eigenvalue weighted by atomic mass is 16.4. The molecule has 0 amide bonds. The van der Waals surface area contributed by atoms with E-state index < -0.39 is 0 Å². The molecule has 0 atom stereocenters. The van der Waals surface area contributed by atoms with Crippen molar-refractivity contribution in [2.75, 3.05) is 0 Å². The molecule has 2 saturated carbocycles. The van der Waals surface area contributed by atoms with E-state index in [9.17, 15) is 0 Å². The van der Waals surface area contributed by atoms with Crippen molar-refractivity contribution in [3.63, 3.8) is 0 Å². The molecule has 2 N–H and O–H groups in total. The monoisotopic (exact) mass is 252 g/mol. The van der Waals surface area contributed by atoms with Gasteiger partial charge in [0.25, 0.3) is 0 Å². The van der Waals surface area contributed by atoms with Crippen LogP contribution in [0.15, 0.2) is 10.3 Å². The van der Waals surface area contributed by atoms with E-state index >= 15 is 0 Å². The Morgan fingerprint density at radius 2 is 2.11 bits per heavy atom. The van der Waals surface area contributed by atoms with Crippen LogP contribution >= 0.6 is 0 Å². The molecule has 2 rings (SSSR count). The second-order valence-electron chi connectivity index (χ2n) is 6.00. The molecular weight excluding hydrogens is 228 g/mol. The second kappa shape index (κ2) is 5.72. The molecule has 0 bridgehead atoms. The first kappa shape index (κ1) is 13.4. The molecule has 0 aromatic rings. The van der Waals surface area contributed by atoms with Gasteiger partial charge in [-0.25, -0.2) is 0 Å². The van der Waals surface area contributed by atoms with Gasteiger partial charge in [-0.05, 0) is 50.4 Å². The number of hydrogen-bond acceptors (Lipinski definition) is 4. The van der Waals surface area contributed by atoms with Crippen molar-refractivity contribution in [1.82, 2.24) is 0 Å². The fourth-order valence-electron chi connectivity index (χ4n) is 3.57. The molecule has 2 aliphatic carbocycles. The lowest BCUT2D eigenvalue weighted by molar-refractivity contribution is 0.105. The summed E-state index contributed by atoms with van der Waals surface area (Å²) in [6.07, 6.45) is 9.70. The smallest absolute Gasteiger partial charge is 0.0602 e. The van der Waals surface area contributed by atoms with Gasteiger partial charge in [0.05, 0.1) is 11.4 Å². The lowest BCUT2D eigenvalue weighted by Crippen LogP contribution is -2.39. The largest absolute Gasteiger partial charge is 0.411 e. The lowest BCUT2D eigenvalue weighted by Gasteiger charge is -2.45. The van der Waals surface area contributed by atoms with Crippen LogP contribution in [0, 0.1) is 11.3 Å². The highest BCUT2D eigenvalue weighted by Gasteiger charge is 2.49. The molecule has 0 heterocycles. The van der Waals surface area contributed by atoms with Gasteiger partial charge in [0.15, 0.2) is 0 Å². The van der Waals surface area contributed by atoms with Crippen LogP contribution < -0.4 is 0 Å². The minimum absolute atomic E-state index is 0.354. The van der Waals surface area contributed by atoms with E-state index in [1.807, 2.05) is 0 Å². The summed E-state index contributed by atoms with van der Waals surface area (Å²) in [6, 6.07) is 0. The Morgan fingerprint density at radius 3 is 2.67 bits per heavy atom. The standard InChI is InChI=1S/C14H24N2O2/c1-2-3-4-5-13(16-18)11-8-14(9-11)7-6-12(10-14)15-17/h11,17-18H,2-10H2,1H3. The van der Waals surface area contributed by atoms with Crippen molar-refractivity contribution < 1.29 is 10.4 Å². The molecule has 0 radical (unpaired) electrons. The topological polar surface area (TPSA) is 65.2 Å². The first-order valence-corrected chi connectivity index (χ1v) is 7.13. The summed E-state index contributed by atoms with van der Waals surface area (Å²) < 4.78 is 0. The van der Waals surface area contributed by atoms with Crippen molar-refractivity contribution in [2.24, 2.45) is 21.6 Å². The van der Waals surface area contributed by atoms with Crippen LogP contribution in [0.3, 0.4) is 0 Å². The molecule has 0 saturated heterocycles. The van der Waals surface area contributed by atoms with Crippen molar-refractivity contribution >= 4 is 11.4 Å². The third kappa shape index (κ3) is 2.68. The number of oxime groups is 2. The Morgan fingerprint density at radius 1 is 1.33 bits per heavy atom. The Balaban J connectivity index is 1.80. The fourth-order valence-corrected chi connectivity index (χ4v) is 3.57. The summed E-state index contributed by atoms with van der Waals surface area (Å²) in [5.74, 6) is 0.463. The van der Waals surface area contributed by atoms with Gasteiger partial charge < -0.3 is 10.4 Å². The summed E-state index contributed by atoms with van der Waals surface area (Å²) in [4.78, 5) is 0. The molecule has 18 heavy (non-hydrogen) atoms. The van der Waals surface area contributed by atoms with Gasteiger partial charge in [-0.2, -0.15) is 0 Å². The Hall–Kier alpha value is -1.06. The normalized spacial score (nSPS) is 34.2. The van der Waals surface area contributed by atoms with Gasteiger partial charge in [-0.15, -0.1) is 0 Å². The predicted octanol–water partition coefficient (Wildman–Crippen LogP) is 3.81. The molecule has 0 aromatic carbocycles. The molecule has 2 aliphatic rings. The highest BCUT2D eigenvalue weighted by molar-refractivity contribution is 5.90. The number of unbranched alkanes of at least 4 members (excludes halogenated alkanes) is 2. The molecule has 2 fully saturated rings. The van der Waals surface area contributed by atoms with E-state index in [2.05, 4.69) is 17.2 Å². The van der Waals surface area contributed by atoms with Crippen molar-refractivity contribution in [1.29, 1.82) is 0 Å². The zero-order chi connectivity index (χ0) is 13.0. The van der Waals surface area contributed by atoms with Gasteiger partial charge in [0, 0.05) is 5.92 Å². The van der Waals surface area contributed by atoms with Crippen molar-refractivity contribution in [2.45, 2.75) is 64.7 Å². The van der Waals surface area contributed by atoms with E-state index in [4.69, 9.17) is 10.4 Å². The second-order valence-corrected chi connectivity index (χ2v) is 6.00. The zero-order valence-corrected chi connectivity index (χ0v) is 11.2. The molecule has 0 unspecified atom stereocenters. The van der Waals surface area contributed by atoms with Gasteiger partial charge in [-0.1, -0.05) is 30.1 Å². The Kier molecular flexibility index (Phi) is 4.25. The van der Waals surface area contributed by atoms with Crippen LogP contribution in [0.2, 0.25) is 0 Å². The zero-order valence-electron chi connectivity index (χ0n) is 11.2. The lowest BCUT2D eigenvalue weighted by atomic mass is 9.59. The maximum atomic E-state index is 9.11. The van der Waals surface area contributed by atoms with Crippen LogP contribution in [0.5, 0.6) is 0 Å². The van der Waals surface area contributed by atoms with Gasteiger partial charge in [0.2, 0.25) is 0 Å². The van der Waals surface area contributed by atoms with Gasteiger partial charge in [-0.3, -0.25) is 0 Å². The summed E-state index contributed by atoms with van der Waals surface area (Å²) in [5, 5.41) is 24.8. The minimum Gasteiger partial charge on any atom is -0.411 e. The van der Waals surface area contributed by atoms with E-state index in [1.54, 1.807) is 0 Å². The van der Waals surface area contributed by atoms with Gasteiger partial charge in [0.1, 0.15) is 0 Å². The van der Waals surface area contributed by atoms with Crippen molar-refractivity contribution in [3.05, 3.63) is 0 Å². The SMILES string of the molecule is CCCCCC(=NO)C1CC2(CCC(=NO)C2)C1. The molecule has 4 heteroatoms. The third-order valence-corrected chi connectivity index (χ3v) is 4.66. The first-order valence-electron chi connectivity index (χ1n) is 7.13. The van der Waals surface area contributed by atoms with E-state index in [1.165, 1.54) is 12.8 Å². The number of hydrogen-bond donors (Lipinski definition) is 2. The van der Waals surface area contributed by atoms with Crippen LogP contribution in [0.1, 0.15) is 64.7 Å². The van der Waals surface area contributed by atoms with Crippen molar-refractivity contribution in [3.8, 4) is 0 Å². The molecule has 0 aliphatic heterocycles. The Labute approximate surface area is 109 Å². The van der Waals surface area contributed by atoms with E-state index in [0.29, 0.717) is 11.3 Å². The summed E-state index contributed by atoms with van der Waals surface area (Å²) in [7, 11) is 0. The average molecular weight is 252 g/mol. The van der Waals surface area contributed by atoms with Gasteiger partial charge >= 0.3 is 0 Å². The van der Waals surface area contributed by atoms with Crippen LogP contribution in [-0.2, 0) is 0 Å². The quantitative estimate of drug-likeness (QED) is 0.338. The maximum absolute atomic E-state index is 9.11. The number of nitrogens with zero attached hydrogens (tertiary/aromatic N) is 2. The minimum atomic E-state index is 0.354. The molecular formula is C14H24N2O2. The maximum Gasteiger partial charge on any atom is 0.0602 e. The average Bonchev–Trinajstić information content (AvgIpc) is 2.78. The van der Waals surface area contributed by atoms with E-state index in [-0.39, 0.29) is 0 Å². The molecule has 1 spiro atoms. The highest BCUT2D eigenvalue weighted by Crippen LogP contribution is 2.56. The van der Waals surface area contributed by atoms with E-state index in [0.717, 1.165) is 56.4 Å². The molecule has 0 aromatic heterocycles. The van der Waals surface area contributed by atoms with Crippen LogP contribution in [0.4, 0.5) is 0 Å². The number of rotatable bonds is 5. The molecule has 4 nitrogen and oxygen atoms in total. The summed E-state index contributed by atoms with van der Waals surface area (Å²) in [6.45, 7) is 2.18. The van der Waals surface area contributed by atoms with Crippen LogP contribution in [-0.4, -0.2) is 21.8 Å². The first-order chi connectivity index (χ1) is 8.73. The predicted molar refractivity (Wildman–Crippen MR) is 71.6 cm³/mol. The summed E-state index contributed by atoms with van der Waals surface area (Å²) in [5.41, 5.74) is 2.29. The fraction of sp³-hybridized carbons (Fsp3) is 0.857. The third-order valence-electron chi connectivity index (χ3n) is 4.66. The Bertz CT molecular complexity index is 344. The summed E-state index contributed by atoms with van der Waals surface area (Å²) >= 11 is 0. The van der Waals surface area contributed by atoms with Crippen LogP contribution in [0.25, 0.3) is 0 Å².